The summed E-state index contributed by atoms with van der Waals surface area (Å²) in [6.45, 7) is 10.3. The highest BCUT2D eigenvalue weighted by atomic mass is 14.9. The molecule has 88 valence electrons. The molecule has 0 fully saturated rings. The Balaban J connectivity index is 2.43. The predicted molar refractivity (Wildman–Crippen MR) is 69.7 cm³/mol. The van der Waals surface area contributed by atoms with Crippen LogP contribution in [0.5, 0.6) is 0 Å². The SMILES string of the molecule is CCc1ccc2c(c1)C(C(C)(C)C)NCC2. The Labute approximate surface area is 99.3 Å². The number of benzene rings is 1. The van der Waals surface area contributed by atoms with E-state index >= 15 is 0 Å². The minimum absolute atomic E-state index is 0.293. The molecule has 1 N–H and O–H groups in total. The van der Waals surface area contributed by atoms with Crippen LogP contribution in [0, 0.1) is 5.41 Å². The van der Waals surface area contributed by atoms with E-state index in [0.29, 0.717) is 11.5 Å². The fourth-order valence-corrected chi connectivity index (χ4v) is 2.59. The number of hydrogen-bond donors (Lipinski definition) is 1. The normalized spacial score (nSPS) is 20.6. The van der Waals surface area contributed by atoms with E-state index in [-0.39, 0.29) is 0 Å². The van der Waals surface area contributed by atoms with Crippen molar-refractivity contribution in [3.05, 3.63) is 34.9 Å². The van der Waals surface area contributed by atoms with Gasteiger partial charge in [-0.3, -0.25) is 0 Å². The fraction of sp³-hybridized carbons (Fsp3) is 0.600. The lowest BCUT2D eigenvalue weighted by atomic mass is 9.78. The molecule has 1 nitrogen and oxygen atoms in total. The minimum atomic E-state index is 0.293. The van der Waals surface area contributed by atoms with Gasteiger partial charge in [0.25, 0.3) is 0 Å². The summed E-state index contributed by atoms with van der Waals surface area (Å²) in [6, 6.07) is 7.51. The third-order valence-corrected chi connectivity index (χ3v) is 3.54. The minimum Gasteiger partial charge on any atom is -0.309 e. The fourth-order valence-electron chi connectivity index (χ4n) is 2.59. The quantitative estimate of drug-likeness (QED) is 0.759. The van der Waals surface area contributed by atoms with Gasteiger partial charge >= 0.3 is 0 Å². The molecule has 1 unspecified atom stereocenters. The molecule has 0 radical (unpaired) electrons. The van der Waals surface area contributed by atoms with Crippen molar-refractivity contribution in [2.75, 3.05) is 6.54 Å². The van der Waals surface area contributed by atoms with Crippen molar-refractivity contribution < 1.29 is 0 Å². The smallest absolute Gasteiger partial charge is 0.0372 e. The number of fused-ring (bicyclic) bond motifs is 1. The van der Waals surface area contributed by atoms with Crippen LogP contribution in [-0.2, 0) is 12.8 Å². The second kappa shape index (κ2) is 4.21. The van der Waals surface area contributed by atoms with E-state index in [1.807, 2.05) is 0 Å². The second-order valence-electron chi connectivity index (χ2n) is 5.89. The van der Waals surface area contributed by atoms with Crippen molar-refractivity contribution >= 4 is 0 Å². The molecule has 0 aromatic heterocycles. The van der Waals surface area contributed by atoms with Crippen molar-refractivity contribution in [2.45, 2.75) is 46.6 Å². The molecule has 2 rings (SSSR count). The molecular formula is C15H23N. The van der Waals surface area contributed by atoms with Crippen molar-refractivity contribution in [2.24, 2.45) is 5.41 Å². The van der Waals surface area contributed by atoms with Crippen molar-refractivity contribution in [3.8, 4) is 0 Å². The first-order valence-corrected chi connectivity index (χ1v) is 6.37. The van der Waals surface area contributed by atoms with Crippen LogP contribution < -0.4 is 5.32 Å². The monoisotopic (exact) mass is 217 g/mol. The van der Waals surface area contributed by atoms with Gasteiger partial charge in [-0.05, 0) is 41.5 Å². The molecule has 0 spiro atoms. The third kappa shape index (κ3) is 2.15. The van der Waals surface area contributed by atoms with Gasteiger partial charge in [-0.25, -0.2) is 0 Å². The lowest BCUT2D eigenvalue weighted by Gasteiger charge is -2.37. The molecule has 1 atom stereocenters. The van der Waals surface area contributed by atoms with Gasteiger partial charge < -0.3 is 5.32 Å². The maximum absolute atomic E-state index is 3.67. The Morgan fingerprint density at radius 3 is 2.69 bits per heavy atom. The van der Waals surface area contributed by atoms with Crippen molar-refractivity contribution in [1.82, 2.24) is 5.32 Å². The molecule has 0 amide bonds. The summed E-state index contributed by atoms with van der Waals surface area (Å²) in [5.74, 6) is 0. The van der Waals surface area contributed by atoms with Gasteiger partial charge in [0.05, 0.1) is 0 Å². The number of aryl methyl sites for hydroxylation is 1. The number of nitrogens with one attached hydrogen (secondary N) is 1. The zero-order valence-electron chi connectivity index (χ0n) is 10.9. The van der Waals surface area contributed by atoms with Gasteiger partial charge in [-0.2, -0.15) is 0 Å². The van der Waals surface area contributed by atoms with Gasteiger partial charge in [0.15, 0.2) is 0 Å². The zero-order chi connectivity index (χ0) is 11.8. The van der Waals surface area contributed by atoms with E-state index < -0.39 is 0 Å². The highest BCUT2D eigenvalue weighted by molar-refractivity contribution is 5.37. The summed E-state index contributed by atoms with van der Waals surface area (Å²) in [7, 11) is 0. The van der Waals surface area contributed by atoms with E-state index in [9.17, 15) is 0 Å². The molecule has 1 aromatic carbocycles. The lowest BCUT2D eigenvalue weighted by molar-refractivity contribution is 0.263. The molecular weight excluding hydrogens is 194 g/mol. The summed E-state index contributed by atoms with van der Waals surface area (Å²) in [4.78, 5) is 0. The second-order valence-corrected chi connectivity index (χ2v) is 5.89. The maximum atomic E-state index is 3.67. The standard InChI is InChI=1S/C15H23N/c1-5-11-6-7-12-8-9-16-14(13(12)10-11)15(2,3)4/h6-7,10,14,16H,5,8-9H2,1-4H3. The Morgan fingerprint density at radius 1 is 1.31 bits per heavy atom. The molecule has 0 saturated heterocycles. The highest BCUT2D eigenvalue weighted by Gasteiger charge is 2.29. The first-order chi connectivity index (χ1) is 7.52. The third-order valence-electron chi connectivity index (χ3n) is 3.54. The molecule has 16 heavy (non-hydrogen) atoms. The molecule has 1 aromatic rings. The highest BCUT2D eigenvalue weighted by Crippen LogP contribution is 2.37. The average Bonchev–Trinajstić information content (AvgIpc) is 2.26. The van der Waals surface area contributed by atoms with Crippen LogP contribution in [0.3, 0.4) is 0 Å². The zero-order valence-corrected chi connectivity index (χ0v) is 10.9. The topological polar surface area (TPSA) is 12.0 Å². The van der Waals surface area contributed by atoms with Gasteiger partial charge in [0.1, 0.15) is 0 Å². The summed E-state index contributed by atoms with van der Waals surface area (Å²) in [5.41, 5.74) is 4.81. The van der Waals surface area contributed by atoms with Crippen LogP contribution in [0.25, 0.3) is 0 Å². The van der Waals surface area contributed by atoms with Crippen LogP contribution in [-0.4, -0.2) is 6.54 Å². The summed E-state index contributed by atoms with van der Waals surface area (Å²) in [6.07, 6.45) is 2.30. The molecule has 1 heteroatoms. The van der Waals surface area contributed by atoms with Crippen molar-refractivity contribution in [3.63, 3.8) is 0 Å². The Morgan fingerprint density at radius 2 is 2.06 bits per heavy atom. The van der Waals surface area contributed by atoms with E-state index in [0.717, 1.165) is 13.0 Å². The van der Waals surface area contributed by atoms with Gasteiger partial charge in [-0.1, -0.05) is 45.9 Å². The molecule has 1 heterocycles. The van der Waals surface area contributed by atoms with Crippen LogP contribution >= 0.6 is 0 Å². The largest absolute Gasteiger partial charge is 0.309 e. The first-order valence-electron chi connectivity index (χ1n) is 6.37. The van der Waals surface area contributed by atoms with E-state index in [1.54, 1.807) is 0 Å². The molecule has 1 aliphatic rings. The van der Waals surface area contributed by atoms with Gasteiger partial charge in [-0.15, -0.1) is 0 Å². The molecule has 0 bridgehead atoms. The van der Waals surface area contributed by atoms with Crippen LogP contribution in [0.1, 0.15) is 50.4 Å². The molecule has 1 aliphatic heterocycles. The Kier molecular flexibility index (Phi) is 3.07. The average molecular weight is 217 g/mol. The van der Waals surface area contributed by atoms with E-state index in [1.165, 1.54) is 23.1 Å². The Bertz CT molecular complexity index is 374. The number of rotatable bonds is 1. The van der Waals surface area contributed by atoms with Gasteiger partial charge in [0.2, 0.25) is 0 Å². The summed E-state index contributed by atoms with van der Waals surface area (Å²) in [5, 5.41) is 3.67. The first kappa shape index (κ1) is 11.7. The van der Waals surface area contributed by atoms with Crippen LogP contribution in [0.4, 0.5) is 0 Å². The van der Waals surface area contributed by atoms with Gasteiger partial charge in [0, 0.05) is 6.04 Å². The summed E-state index contributed by atoms with van der Waals surface area (Å²) < 4.78 is 0. The predicted octanol–water partition coefficient (Wildman–Crippen LogP) is 3.48. The maximum Gasteiger partial charge on any atom is 0.0372 e. The summed E-state index contributed by atoms with van der Waals surface area (Å²) >= 11 is 0. The molecule has 0 saturated carbocycles. The van der Waals surface area contributed by atoms with Crippen molar-refractivity contribution in [1.29, 1.82) is 0 Å². The Hall–Kier alpha value is -0.820. The van der Waals surface area contributed by atoms with Crippen LogP contribution in [0.2, 0.25) is 0 Å². The van der Waals surface area contributed by atoms with E-state index in [4.69, 9.17) is 0 Å². The number of hydrogen-bond acceptors (Lipinski definition) is 1. The van der Waals surface area contributed by atoms with E-state index in [2.05, 4.69) is 51.2 Å². The lowest BCUT2D eigenvalue weighted by Crippen LogP contribution is -2.37. The van der Waals surface area contributed by atoms with Crippen LogP contribution in [0.15, 0.2) is 18.2 Å². The molecule has 0 aliphatic carbocycles.